The average Bonchev–Trinajstić information content (AvgIpc) is 2.53. The van der Waals surface area contributed by atoms with E-state index in [1.807, 2.05) is 59.2 Å². The highest BCUT2D eigenvalue weighted by atomic mass is 16.2. The van der Waals surface area contributed by atoms with Gasteiger partial charge in [0.1, 0.15) is 0 Å². The van der Waals surface area contributed by atoms with Crippen molar-refractivity contribution in [2.45, 2.75) is 13.3 Å². The standard InChI is InChI=1S/C16H20N2O2/c1-2-3-9-15(19)17-10-12-18(13-11-17)16(20)14-7-5-4-6-8-14/h2-8H,9-13H2,1H3/b3-2+. The molecule has 0 unspecified atom stereocenters. The Kier molecular flexibility index (Phi) is 4.93. The van der Waals surface area contributed by atoms with Crippen LogP contribution in [0.1, 0.15) is 23.7 Å². The fourth-order valence-electron chi connectivity index (χ4n) is 2.27. The van der Waals surface area contributed by atoms with E-state index in [0.717, 1.165) is 0 Å². The van der Waals surface area contributed by atoms with Crippen LogP contribution in [0.5, 0.6) is 0 Å². The molecular formula is C16H20N2O2. The summed E-state index contributed by atoms with van der Waals surface area (Å²) in [6, 6.07) is 9.28. The Morgan fingerprint density at radius 3 is 2.25 bits per heavy atom. The molecule has 0 spiro atoms. The van der Waals surface area contributed by atoms with Gasteiger partial charge in [-0.1, -0.05) is 30.4 Å². The third-order valence-electron chi connectivity index (χ3n) is 3.47. The van der Waals surface area contributed by atoms with Crippen molar-refractivity contribution in [3.8, 4) is 0 Å². The van der Waals surface area contributed by atoms with Crippen LogP contribution in [0.3, 0.4) is 0 Å². The van der Waals surface area contributed by atoms with Gasteiger partial charge in [-0.05, 0) is 19.1 Å². The number of hydrogen-bond acceptors (Lipinski definition) is 2. The lowest BCUT2D eigenvalue weighted by molar-refractivity contribution is -0.131. The molecule has 2 amide bonds. The summed E-state index contributed by atoms with van der Waals surface area (Å²) in [5.41, 5.74) is 0.709. The van der Waals surface area contributed by atoms with Gasteiger partial charge in [0.15, 0.2) is 0 Å². The van der Waals surface area contributed by atoms with Crippen molar-refractivity contribution in [1.29, 1.82) is 0 Å². The molecule has 0 bridgehead atoms. The topological polar surface area (TPSA) is 40.6 Å². The molecule has 0 radical (unpaired) electrons. The van der Waals surface area contributed by atoms with Crippen LogP contribution in [0.25, 0.3) is 0 Å². The van der Waals surface area contributed by atoms with Crippen LogP contribution in [0.15, 0.2) is 42.5 Å². The predicted octanol–water partition coefficient (Wildman–Crippen LogP) is 1.94. The second-order valence-electron chi connectivity index (χ2n) is 4.81. The summed E-state index contributed by atoms with van der Waals surface area (Å²) >= 11 is 0. The van der Waals surface area contributed by atoms with Crippen LogP contribution in [0.2, 0.25) is 0 Å². The van der Waals surface area contributed by atoms with Crippen molar-refractivity contribution in [2.75, 3.05) is 26.2 Å². The number of nitrogens with zero attached hydrogens (tertiary/aromatic N) is 2. The fourth-order valence-corrected chi connectivity index (χ4v) is 2.27. The van der Waals surface area contributed by atoms with E-state index in [4.69, 9.17) is 0 Å². The number of benzene rings is 1. The summed E-state index contributed by atoms with van der Waals surface area (Å²) < 4.78 is 0. The lowest BCUT2D eigenvalue weighted by Gasteiger charge is -2.34. The molecule has 0 saturated carbocycles. The van der Waals surface area contributed by atoms with Crippen molar-refractivity contribution >= 4 is 11.8 Å². The molecule has 0 atom stereocenters. The van der Waals surface area contributed by atoms with Gasteiger partial charge in [0, 0.05) is 38.2 Å². The van der Waals surface area contributed by atoms with E-state index < -0.39 is 0 Å². The summed E-state index contributed by atoms with van der Waals surface area (Å²) in [6.07, 6.45) is 4.19. The van der Waals surface area contributed by atoms with Crippen LogP contribution in [0, 0.1) is 0 Å². The Morgan fingerprint density at radius 1 is 1.05 bits per heavy atom. The molecule has 0 N–H and O–H groups in total. The lowest BCUT2D eigenvalue weighted by atomic mass is 10.2. The lowest BCUT2D eigenvalue weighted by Crippen LogP contribution is -2.50. The summed E-state index contributed by atoms with van der Waals surface area (Å²) in [6.45, 7) is 4.36. The Hall–Kier alpha value is -2.10. The van der Waals surface area contributed by atoms with Gasteiger partial charge in [0.25, 0.3) is 5.91 Å². The number of carbonyl (C=O) groups is 2. The molecular weight excluding hydrogens is 252 g/mol. The maximum atomic E-state index is 12.3. The number of allylic oxidation sites excluding steroid dienone is 1. The third kappa shape index (κ3) is 3.47. The van der Waals surface area contributed by atoms with E-state index in [9.17, 15) is 9.59 Å². The van der Waals surface area contributed by atoms with Crippen molar-refractivity contribution < 1.29 is 9.59 Å². The first-order valence-corrected chi connectivity index (χ1v) is 6.95. The minimum Gasteiger partial charge on any atom is -0.339 e. The van der Waals surface area contributed by atoms with Gasteiger partial charge in [0.05, 0.1) is 0 Å². The van der Waals surface area contributed by atoms with E-state index in [1.54, 1.807) is 0 Å². The van der Waals surface area contributed by atoms with Crippen molar-refractivity contribution in [1.82, 2.24) is 9.80 Å². The number of hydrogen-bond donors (Lipinski definition) is 0. The van der Waals surface area contributed by atoms with E-state index in [2.05, 4.69) is 0 Å². The Bertz CT molecular complexity index is 488. The van der Waals surface area contributed by atoms with E-state index in [0.29, 0.717) is 38.2 Å². The highest BCUT2D eigenvalue weighted by Crippen LogP contribution is 2.09. The largest absolute Gasteiger partial charge is 0.339 e. The van der Waals surface area contributed by atoms with Gasteiger partial charge in [0.2, 0.25) is 5.91 Å². The van der Waals surface area contributed by atoms with Crippen molar-refractivity contribution in [2.24, 2.45) is 0 Å². The third-order valence-corrected chi connectivity index (χ3v) is 3.47. The monoisotopic (exact) mass is 272 g/mol. The maximum absolute atomic E-state index is 12.3. The molecule has 1 fully saturated rings. The first kappa shape index (κ1) is 14.3. The van der Waals surface area contributed by atoms with Crippen molar-refractivity contribution in [3.05, 3.63) is 48.0 Å². The Labute approximate surface area is 119 Å². The normalized spacial score (nSPS) is 15.7. The molecule has 1 saturated heterocycles. The summed E-state index contributed by atoms with van der Waals surface area (Å²) in [4.78, 5) is 27.8. The second kappa shape index (κ2) is 6.89. The molecule has 1 heterocycles. The molecule has 0 aliphatic carbocycles. The average molecular weight is 272 g/mol. The minimum absolute atomic E-state index is 0.0474. The number of rotatable bonds is 3. The Balaban J connectivity index is 1.88. The van der Waals surface area contributed by atoms with E-state index in [1.165, 1.54) is 0 Å². The van der Waals surface area contributed by atoms with Gasteiger partial charge < -0.3 is 9.80 Å². The maximum Gasteiger partial charge on any atom is 0.253 e. The van der Waals surface area contributed by atoms with Crippen LogP contribution in [-0.4, -0.2) is 47.8 Å². The zero-order chi connectivity index (χ0) is 14.4. The zero-order valence-electron chi connectivity index (χ0n) is 11.8. The van der Waals surface area contributed by atoms with Crippen LogP contribution < -0.4 is 0 Å². The number of amides is 2. The molecule has 4 nitrogen and oxygen atoms in total. The minimum atomic E-state index is 0.0474. The fraction of sp³-hybridized carbons (Fsp3) is 0.375. The molecule has 1 aliphatic heterocycles. The number of piperazine rings is 1. The zero-order valence-corrected chi connectivity index (χ0v) is 11.8. The quantitative estimate of drug-likeness (QED) is 0.789. The molecule has 1 aliphatic rings. The van der Waals surface area contributed by atoms with Crippen LogP contribution in [0.4, 0.5) is 0 Å². The molecule has 106 valence electrons. The van der Waals surface area contributed by atoms with Gasteiger partial charge in [-0.25, -0.2) is 0 Å². The SMILES string of the molecule is C/C=C/CC(=O)N1CCN(C(=O)c2ccccc2)CC1. The van der Waals surface area contributed by atoms with Crippen molar-refractivity contribution in [3.63, 3.8) is 0 Å². The first-order valence-electron chi connectivity index (χ1n) is 6.95. The molecule has 20 heavy (non-hydrogen) atoms. The molecule has 2 rings (SSSR count). The smallest absolute Gasteiger partial charge is 0.253 e. The van der Waals surface area contributed by atoms with E-state index in [-0.39, 0.29) is 11.8 Å². The second-order valence-corrected chi connectivity index (χ2v) is 4.81. The van der Waals surface area contributed by atoms with Gasteiger partial charge >= 0.3 is 0 Å². The van der Waals surface area contributed by atoms with Crippen LogP contribution >= 0.6 is 0 Å². The Morgan fingerprint density at radius 2 is 1.65 bits per heavy atom. The summed E-state index contributed by atoms with van der Waals surface area (Å²) in [5.74, 6) is 0.182. The summed E-state index contributed by atoms with van der Waals surface area (Å²) in [5, 5.41) is 0. The van der Waals surface area contributed by atoms with E-state index >= 15 is 0 Å². The predicted molar refractivity (Wildman–Crippen MR) is 78.4 cm³/mol. The highest BCUT2D eigenvalue weighted by molar-refractivity contribution is 5.94. The molecule has 1 aromatic rings. The number of carbonyl (C=O) groups excluding carboxylic acids is 2. The molecule has 0 aromatic heterocycles. The molecule has 1 aromatic carbocycles. The van der Waals surface area contributed by atoms with Gasteiger partial charge in [-0.3, -0.25) is 9.59 Å². The van der Waals surface area contributed by atoms with Gasteiger partial charge in [-0.15, -0.1) is 0 Å². The van der Waals surface area contributed by atoms with Crippen LogP contribution in [-0.2, 0) is 4.79 Å². The summed E-state index contributed by atoms with van der Waals surface area (Å²) in [7, 11) is 0. The highest BCUT2D eigenvalue weighted by Gasteiger charge is 2.23. The van der Waals surface area contributed by atoms with Gasteiger partial charge in [-0.2, -0.15) is 0 Å². The first-order chi connectivity index (χ1) is 9.72. The molecule has 4 heteroatoms.